The molecular formula is C10H10O. The van der Waals surface area contributed by atoms with Crippen molar-refractivity contribution >= 4 is 12.2 Å². The highest BCUT2D eigenvalue weighted by Gasteiger charge is 1.85. The van der Waals surface area contributed by atoms with Crippen molar-refractivity contribution in [3.63, 3.8) is 0 Å². The van der Waals surface area contributed by atoms with E-state index in [1.165, 1.54) is 0 Å². The highest BCUT2D eigenvalue weighted by atomic mass is 16.2. The van der Waals surface area contributed by atoms with E-state index in [-0.39, 0.29) is 0 Å². The smallest absolute Gasteiger partial charge is 0.0797 e. The van der Waals surface area contributed by atoms with Gasteiger partial charge in [-0.2, -0.15) is 0 Å². The largest absolute Gasteiger partial charge is 0.516 e. The molecule has 11 heavy (non-hydrogen) atoms. The van der Waals surface area contributed by atoms with Crippen LogP contribution in [-0.2, 0) is 0 Å². The number of aliphatic hydroxyl groups excluding tert-OH is 1. The minimum absolute atomic E-state index is 0.984. The molecule has 1 aromatic carbocycles. The Morgan fingerprint density at radius 3 is 2.09 bits per heavy atom. The fraction of sp³-hybridized carbons (Fsp3) is 0. The Bertz CT molecular complexity index is 257. The fourth-order valence-corrected chi connectivity index (χ4v) is 0.829. The zero-order valence-electron chi connectivity index (χ0n) is 6.20. The fourth-order valence-electron chi connectivity index (χ4n) is 0.829. The zero-order chi connectivity index (χ0) is 8.10. The van der Waals surface area contributed by atoms with Gasteiger partial charge in [-0.1, -0.05) is 36.9 Å². The Morgan fingerprint density at radius 2 is 1.64 bits per heavy atom. The minimum atomic E-state index is 0.984. The van der Waals surface area contributed by atoms with Gasteiger partial charge in [-0.05, 0) is 17.2 Å². The van der Waals surface area contributed by atoms with Crippen LogP contribution in [0.25, 0.3) is 12.2 Å². The van der Waals surface area contributed by atoms with E-state index in [0.29, 0.717) is 0 Å². The second-order valence-electron chi connectivity index (χ2n) is 2.19. The van der Waals surface area contributed by atoms with Crippen molar-refractivity contribution in [2.24, 2.45) is 0 Å². The normalized spacial score (nSPS) is 10.2. The van der Waals surface area contributed by atoms with Gasteiger partial charge in [0, 0.05) is 0 Å². The van der Waals surface area contributed by atoms with Crippen molar-refractivity contribution in [2.75, 3.05) is 0 Å². The van der Waals surface area contributed by atoms with E-state index in [1.54, 1.807) is 12.2 Å². The van der Waals surface area contributed by atoms with Gasteiger partial charge in [0.05, 0.1) is 6.26 Å². The van der Waals surface area contributed by atoms with Gasteiger partial charge in [0.1, 0.15) is 0 Å². The lowest BCUT2D eigenvalue weighted by molar-refractivity contribution is 0.478. The molecule has 1 rings (SSSR count). The van der Waals surface area contributed by atoms with Crippen molar-refractivity contribution in [1.29, 1.82) is 0 Å². The van der Waals surface area contributed by atoms with E-state index in [2.05, 4.69) is 6.58 Å². The molecule has 1 N–H and O–H groups in total. The number of hydrogen-bond donors (Lipinski definition) is 1. The molecule has 1 heteroatoms. The maximum Gasteiger partial charge on any atom is 0.0797 e. The van der Waals surface area contributed by atoms with Crippen LogP contribution in [0, 0.1) is 0 Å². The van der Waals surface area contributed by atoms with Gasteiger partial charge >= 0.3 is 0 Å². The maximum absolute atomic E-state index is 8.45. The molecular weight excluding hydrogens is 136 g/mol. The van der Waals surface area contributed by atoms with Gasteiger partial charge in [0.25, 0.3) is 0 Å². The summed E-state index contributed by atoms with van der Waals surface area (Å²) in [7, 11) is 0. The first-order valence-corrected chi connectivity index (χ1v) is 3.40. The molecule has 0 radical (unpaired) electrons. The molecule has 0 aliphatic heterocycles. The quantitative estimate of drug-likeness (QED) is 0.636. The third-order valence-corrected chi connectivity index (χ3v) is 1.44. The van der Waals surface area contributed by atoms with E-state index >= 15 is 0 Å². The molecule has 0 amide bonds. The third-order valence-electron chi connectivity index (χ3n) is 1.44. The Morgan fingerprint density at radius 1 is 1.09 bits per heavy atom. The summed E-state index contributed by atoms with van der Waals surface area (Å²) in [5.74, 6) is 0. The van der Waals surface area contributed by atoms with Crippen molar-refractivity contribution in [1.82, 2.24) is 0 Å². The van der Waals surface area contributed by atoms with Crippen molar-refractivity contribution in [2.45, 2.75) is 0 Å². The van der Waals surface area contributed by atoms with Crippen molar-refractivity contribution in [3.05, 3.63) is 48.2 Å². The Labute approximate surface area is 66.3 Å². The zero-order valence-corrected chi connectivity index (χ0v) is 6.20. The van der Waals surface area contributed by atoms with Crippen molar-refractivity contribution in [3.8, 4) is 0 Å². The monoisotopic (exact) mass is 146 g/mol. The molecule has 0 aromatic heterocycles. The van der Waals surface area contributed by atoms with Gasteiger partial charge in [0.15, 0.2) is 0 Å². The first kappa shape index (κ1) is 7.61. The molecule has 0 fully saturated rings. The Balaban J connectivity index is 2.91. The molecule has 0 saturated heterocycles. The number of hydrogen-bond acceptors (Lipinski definition) is 1. The van der Waals surface area contributed by atoms with Gasteiger partial charge in [-0.3, -0.25) is 0 Å². The van der Waals surface area contributed by atoms with Crippen LogP contribution in [0.3, 0.4) is 0 Å². The molecule has 0 aliphatic carbocycles. The van der Waals surface area contributed by atoms with Gasteiger partial charge in [0.2, 0.25) is 0 Å². The average Bonchev–Trinajstić information content (AvgIpc) is 2.07. The van der Waals surface area contributed by atoms with E-state index in [0.717, 1.165) is 17.4 Å². The lowest BCUT2D eigenvalue weighted by atomic mass is 10.1. The lowest BCUT2D eigenvalue weighted by Crippen LogP contribution is -1.72. The van der Waals surface area contributed by atoms with E-state index in [1.807, 2.05) is 24.3 Å². The standard InChI is InChI=1S/C10H10O/c1-2-9-3-5-10(6-4-9)7-8-11/h2-8,11H,1H2. The third kappa shape index (κ3) is 1.97. The minimum Gasteiger partial charge on any atom is -0.516 e. The summed E-state index contributed by atoms with van der Waals surface area (Å²) in [4.78, 5) is 0. The number of rotatable bonds is 2. The lowest BCUT2D eigenvalue weighted by Gasteiger charge is -1.93. The van der Waals surface area contributed by atoms with E-state index < -0.39 is 0 Å². The SMILES string of the molecule is C=Cc1ccc(C=CO)cc1. The van der Waals surface area contributed by atoms with Crippen LogP contribution in [0.2, 0.25) is 0 Å². The predicted octanol–water partition coefficient (Wildman–Crippen LogP) is 2.86. The summed E-state index contributed by atoms with van der Waals surface area (Å²) >= 11 is 0. The summed E-state index contributed by atoms with van der Waals surface area (Å²) in [6.45, 7) is 3.64. The summed E-state index contributed by atoms with van der Waals surface area (Å²) in [5, 5.41) is 8.45. The summed E-state index contributed by atoms with van der Waals surface area (Å²) in [6, 6.07) is 7.73. The second kappa shape index (κ2) is 3.62. The summed E-state index contributed by atoms with van der Waals surface area (Å²) < 4.78 is 0. The number of aliphatic hydroxyl groups is 1. The molecule has 1 nitrogen and oxygen atoms in total. The molecule has 56 valence electrons. The molecule has 1 aromatic rings. The highest BCUT2D eigenvalue weighted by Crippen LogP contribution is 2.06. The van der Waals surface area contributed by atoms with Crippen LogP contribution in [0.5, 0.6) is 0 Å². The van der Waals surface area contributed by atoms with E-state index in [9.17, 15) is 0 Å². The Hall–Kier alpha value is -1.50. The average molecular weight is 146 g/mol. The molecule has 0 atom stereocenters. The van der Waals surface area contributed by atoms with Gasteiger partial charge < -0.3 is 5.11 Å². The van der Waals surface area contributed by atoms with Crippen LogP contribution in [0.15, 0.2) is 37.1 Å². The molecule has 0 saturated carbocycles. The topological polar surface area (TPSA) is 20.2 Å². The van der Waals surface area contributed by atoms with Gasteiger partial charge in [-0.15, -0.1) is 0 Å². The molecule has 0 bridgehead atoms. The highest BCUT2D eigenvalue weighted by molar-refractivity contribution is 5.53. The first-order valence-electron chi connectivity index (χ1n) is 3.40. The first-order chi connectivity index (χ1) is 5.36. The molecule has 0 unspecified atom stereocenters. The van der Waals surface area contributed by atoms with Gasteiger partial charge in [-0.25, -0.2) is 0 Å². The van der Waals surface area contributed by atoms with Crippen LogP contribution in [-0.4, -0.2) is 5.11 Å². The number of benzene rings is 1. The maximum atomic E-state index is 8.45. The van der Waals surface area contributed by atoms with E-state index in [4.69, 9.17) is 5.11 Å². The summed E-state index contributed by atoms with van der Waals surface area (Å²) in [5.41, 5.74) is 2.07. The van der Waals surface area contributed by atoms with Crippen LogP contribution in [0.4, 0.5) is 0 Å². The summed E-state index contributed by atoms with van der Waals surface area (Å²) in [6.07, 6.45) is 4.45. The molecule has 0 spiro atoms. The molecule has 0 heterocycles. The Kier molecular flexibility index (Phi) is 2.50. The second-order valence-corrected chi connectivity index (χ2v) is 2.19. The van der Waals surface area contributed by atoms with Crippen LogP contribution < -0.4 is 0 Å². The van der Waals surface area contributed by atoms with Crippen LogP contribution in [0.1, 0.15) is 11.1 Å². The predicted molar refractivity (Wildman–Crippen MR) is 48.2 cm³/mol. The van der Waals surface area contributed by atoms with Crippen LogP contribution >= 0.6 is 0 Å². The molecule has 0 aliphatic rings. The van der Waals surface area contributed by atoms with Crippen molar-refractivity contribution < 1.29 is 5.11 Å².